The van der Waals surface area contributed by atoms with E-state index in [9.17, 15) is 0 Å². The van der Waals surface area contributed by atoms with Crippen LogP contribution >= 0.6 is 0 Å². The lowest BCUT2D eigenvalue weighted by Crippen LogP contribution is -2.47. The minimum absolute atomic E-state index is 0.268. The first-order chi connectivity index (χ1) is 11.0. The molecule has 4 heteroatoms. The van der Waals surface area contributed by atoms with Crippen molar-refractivity contribution in [1.29, 1.82) is 0 Å². The molecule has 0 aromatic rings. The molecule has 0 spiro atoms. The fraction of sp³-hybridized carbons (Fsp3) is 0.789. The van der Waals surface area contributed by atoms with Crippen molar-refractivity contribution in [2.45, 2.75) is 59.1 Å². The second kappa shape index (κ2) is 9.45. The number of ether oxygens (including phenoxy) is 2. The van der Waals surface area contributed by atoms with Crippen LogP contribution in [0.4, 0.5) is 0 Å². The molecule has 1 heterocycles. The Balaban J connectivity index is 3.19. The molecule has 1 aliphatic heterocycles. The summed E-state index contributed by atoms with van der Waals surface area (Å²) in [6.07, 6.45) is 3.98. The Morgan fingerprint density at radius 1 is 1.35 bits per heavy atom. The fourth-order valence-corrected chi connectivity index (χ4v) is 3.76. The Morgan fingerprint density at radius 3 is 2.35 bits per heavy atom. The summed E-state index contributed by atoms with van der Waals surface area (Å²) in [5.41, 5.74) is 2.21. The molecule has 1 rings (SSSR count). The topological polar surface area (TPSA) is 33.7 Å². The third kappa shape index (κ3) is 4.59. The Bertz CT molecular complexity index is 398. The largest absolute Gasteiger partial charge is 0.379 e. The van der Waals surface area contributed by atoms with E-state index in [2.05, 4.69) is 51.4 Å². The fourth-order valence-electron chi connectivity index (χ4n) is 3.76. The van der Waals surface area contributed by atoms with Crippen LogP contribution in [0.1, 0.15) is 47.5 Å². The second-order valence-corrected chi connectivity index (χ2v) is 6.54. The van der Waals surface area contributed by atoms with Gasteiger partial charge in [0.25, 0.3) is 0 Å². The molecule has 1 saturated heterocycles. The molecule has 1 N–H and O–H groups in total. The van der Waals surface area contributed by atoms with E-state index in [1.165, 1.54) is 11.3 Å². The summed E-state index contributed by atoms with van der Waals surface area (Å²) in [5, 5.41) is 3.40. The van der Waals surface area contributed by atoms with E-state index in [4.69, 9.17) is 9.47 Å². The van der Waals surface area contributed by atoms with Crippen LogP contribution in [0.15, 0.2) is 24.0 Å². The lowest BCUT2D eigenvalue weighted by Gasteiger charge is -2.41. The zero-order chi connectivity index (χ0) is 17.5. The van der Waals surface area contributed by atoms with E-state index in [1.54, 1.807) is 6.20 Å². The standard InChI is InChI=1S/C19H36N2O2/c1-8-17(9-2)19(6,22-7)15(4)18(20-10-3)16(5)21-11-13-23-14-12-21/h10,16-17,20H,3,8-9,11-14H2,1-2,4-7H3/b18-15-/t16?,19-/m1/s1. The molecule has 0 radical (unpaired) electrons. The maximum Gasteiger partial charge on any atom is 0.0905 e. The zero-order valence-electron chi connectivity index (χ0n) is 15.9. The lowest BCUT2D eigenvalue weighted by molar-refractivity contribution is -0.0182. The van der Waals surface area contributed by atoms with Crippen molar-refractivity contribution < 1.29 is 9.47 Å². The summed E-state index contributed by atoms with van der Waals surface area (Å²) in [5.74, 6) is 0.492. The van der Waals surface area contributed by atoms with E-state index in [0.29, 0.717) is 12.0 Å². The van der Waals surface area contributed by atoms with E-state index in [0.717, 1.165) is 39.1 Å². The Morgan fingerprint density at radius 2 is 1.91 bits per heavy atom. The van der Waals surface area contributed by atoms with Crippen molar-refractivity contribution in [3.63, 3.8) is 0 Å². The molecule has 134 valence electrons. The minimum atomic E-state index is -0.268. The third-order valence-corrected chi connectivity index (χ3v) is 5.61. The average Bonchev–Trinajstić information content (AvgIpc) is 2.60. The first-order valence-corrected chi connectivity index (χ1v) is 8.91. The predicted octanol–water partition coefficient (Wildman–Crippen LogP) is 3.56. The molecule has 0 aliphatic carbocycles. The highest BCUT2D eigenvalue weighted by Gasteiger charge is 2.37. The number of hydrogen-bond donors (Lipinski definition) is 1. The molecule has 2 atom stereocenters. The van der Waals surface area contributed by atoms with Crippen molar-refractivity contribution in [1.82, 2.24) is 10.2 Å². The molecule has 0 amide bonds. The van der Waals surface area contributed by atoms with Crippen LogP contribution in [-0.2, 0) is 9.47 Å². The summed E-state index contributed by atoms with van der Waals surface area (Å²) in [7, 11) is 1.83. The van der Waals surface area contributed by atoms with Gasteiger partial charge in [0.15, 0.2) is 0 Å². The molecule has 0 bridgehead atoms. The number of methoxy groups -OCH3 is 1. The molecule has 0 aromatic carbocycles. The Hall–Kier alpha value is -0.840. The van der Waals surface area contributed by atoms with Crippen LogP contribution in [0.25, 0.3) is 0 Å². The van der Waals surface area contributed by atoms with Crippen LogP contribution in [0, 0.1) is 5.92 Å². The molecular weight excluding hydrogens is 288 g/mol. The van der Waals surface area contributed by atoms with Gasteiger partial charge in [0, 0.05) is 31.9 Å². The summed E-state index contributed by atoms with van der Waals surface area (Å²) >= 11 is 0. The zero-order valence-corrected chi connectivity index (χ0v) is 15.9. The Labute approximate surface area is 142 Å². The minimum Gasteiger partial charge on any atom is -0.379 e. The molecule has 1 aliphatic rings. The highest BCUT2D eigenvalue weighted by atomic mass is 16.5. The van der Waals surface area contributed by atoms with Gasteiger partial charge in [0.1, 0.15) is 0 Å². The van der Waals surface area contributed by atoms with Crippen molar-refractivity contribution >= 4 is 0 Å². The van der Waals surface area contributed by atoms with Crippen LogP contribution in [-0.4, -0.2) is 50.0 Å². The SMILES string of the molecule is C=CN/C(=C(/C)[C@@](C)(OC)C(CC)CC)C(C)N1CCOCC1. The third-order valence-electron chi connectivity index (χ3n) is 5.61. The lowest BCUT2D eigenvalue weighted by atomic mass is 9.78. The van der Waals surface area contributed by atoms with E-state index >= 15 is 0 Å². The number of hydrogen-bond acceptors (Lipinski definition) is 4. The summed E-state index contributed by atoms with van der Waals surface area (Å²) in [4.78, 5) is 2.46. The second-order valence-electron chi connectivity index (χ2n) is 6.54. The van der Waals surface area contributed by atoms with Gasteiger partial charge in [-0.3, -0.25) is 4.90 Å². The van der Waals surface area contributed by atoms with Gasteiger partial charge in [-0.05, 0) is 38.5 Å². The predicted molar refractivity (Wildman–Crippen MR) is 97.4 cm³/mol. The number of morpholine rings is 1. The summed E-state index contributed by atoms with van der Waals surface area (Å²) < 4.78 is 11.5. The van der Waals surface area contributed by atoms with Gasteiger partial charge in [0.05, 0.1) is 18.8 Å². The molecule has 0 aromatic heterocycles. The van der Waals surface area contributed by atoms with Gasteiger partial charge in [-0.1, -0.05) is 33.3 Å². The van der Waals surface area contributed by atoms with Crippen LogP contribution < -0.4 is 5.32 Å². The quantitative estimate of drug-likeness (QED) is 0.703. The van der Waals surface area contributed by atoms with Crippen molar-refractivity contribution in [2.24, 2.45) is 5.92 Å². The smallest absolute Gasteiger partial charge is 0.0905 e. The average molecular weight is 325 g/mol. The highest BCUT2D eigenvalue weighted by molar-refractivity contribution is 5.26. The maximum atomic E-state index is 6.03. The van der Waals surface area contributed by atoms with Crippen molar-refractivity contribution in [3.05, 3.63) is 24.0 Å². The van der Waals surface area contributed by atoms with Gasteiger partial charge >= 0.3 is 0 Å². The molecule has 0 saturated carbocycles. The van der Waals surface area contributed by atoms with Crippen LogP contribution in [0.3, 0.4) is 0 Å². The monoisotopic (exact) mass is 324 g/mol. The van der Waals surface area contributed by atoms with E-state index in [1.807, 2.05) is 7.11 Å². The number of nitrogens with zero attached hydrogens (tertiary/aromatic N) is 1. The van der Waals surface area contributed by atoms with Gasteiger partial charge in [-0.2, -0.15) is 0 Å². The van der Waals surface area contributed by atoms with Gasteiger partial charge in [-0.25, -0.2) is 0 Å². The van der Waals surface area contributed by atoms with Gasteiger partial charge < -0.3 is 14.8 Å². The van der Waals surface area contributed by atoms with Crippen LogP contribution in [0.5, 0.6) is 0 Å². The van der Waals surface area contributed by atoms with E-state index in [-0.39, 0.29) is 5.60 Å². The van der Waals surface area contributed by atoms with Crippen molar-refractivity contribution in [2.75, 3.05) is 33.4 Å². The van der Waals surface area contributed by atoms with E-state index < -0.39 is 0 Å². The molecule has 1 unspecified atom stereocenters. The summed E-state index contributed by atoms with van der Waals surface area (Å²) in [6, 6.07) is 0.292. The van der Waals surface area contributed by atoms with Crippen LogP contribution in [0.2, 0.25) is 0 Å². The van der Waals surface area contributed by atoms with Gasteiger partial charge in [0.2, 0.25) is 0 Å². The van der Waals surface area contributed by atoms with Gasteiger partial charge in [-0.15, -0.1) is 0 Å². The number of rotatable bonds is 9. The number of nitrogens with one attached hydrogen (secondary N) is 1. The molecule has 23 heavy (non-hydrogen) atoms. The molecular formula is C19H36N2O2. The van der Waals surface area contributed by atoms with Crippen molar-refractivity contribution in [3.8, 4) is 0 Å². The Kier molecular flexibility index (Phi) is 8.31. The highest BCUT2D eigenvalue weighted by Crippen LogP contribution is 2.36. The first-order valence-electron chi connectivity index (χ1n) is 8.91. The summed E-state index contributed by atoms with van der Waals surface area (Å²) in [6.45, 7) is 18.6. The first kappa shape index (κ1) is 20.2. The normalized spacial score (nSPS) is 21.5. The maximum absolute atomic E-state index is 6.03. The molecule has 1 fully saturated rings. The molecule has 4 nitrogen and oxygen atoms in total.